The summed E-state index contributed by atoms with van der Waals surface area (Å²) in [5, 5.41) is 8.39. The first-order chi connectivity index (χ1) is 6.70. The van der Waals surface area contributed by atoms with E-state index in [4.69, 9.17) is 11.1 Å². The molecule has 72 valence electrons. The number of benzene rings is 1. The van der Waals surface area contributed by atoms with E-state index in [1.165, 1.54) is 18.2 Å². The summed E-state index contributed by atoms with van der Waals surface area (Å²) in [4.78, 5) is 11.0. The minimum absolute atomic E-state index is 0.0719. The zero-order chi connectivity index (χ0) is 10.6. The van der Waals surface area contributed by atoms with Crippen LogP contribution in [0, 0.1) is 17.1 Å². The van der Waals surface area contributed by atoms with E-state index in [1.54, 1.807) is 6.07 Å². The molecular formula is C9H8FN3O. The summed E-state index contributed by atoms with van der Waals surface area (Å²) in [5.41, 5.74) is 1.87. The molecule has 0 aromatic heterocycles. The number of nitrogen functional groups attached to an aromatic ring is 1. The first-order valence-electron chi connectivity index (χ1n) is 3.86. The van der Waals surface area contributed by atoms with Crippen molar-refractivity contribution in [3.05, 3.63) is 35.1 Å². The van der Waals surface area contributed by atoms with Gasteiger partial charge in [0.1, 0.15) is 5.82 Å². The largest absolute Gasteiger partial charge is 0.290 e. The number of nitriles is 1. The average molecular weight is 193 g/mol. The Morgan fingerprint density at radius 3 is 2.93 bits per heavy atom. The van der Waals surface area contributed by atoms with Gasteiger partial charge in [-0.1, -0.05) is 12.1 Å². The second-order valence-corrected chi connectivity index (χ2v) is 2.59. The van der Waals surface area contributed by atoms with Gasteiger partial charge in [0.25, 0.3) is 5.91 Å². The Morgan fingerprint density at radius 2 is 2.36 bits per heavy atom. The minimum atomic E-state index is -0.706. The molecule has 1 amide bonds. The number of hydrogen-bond donors (Lipinski definition) is 2. The number of nitrogens with two attached hydrogens (primary N) is 1. The van der Waals surface area contributed by atoms with E-state index in [0.717, 1.165) is 0 Å². The van der Waals surface area contributed by atoms with Gasteiger partial charge >= 0.3 is 0 Å². The van der Waals surface area contributed by atoms with E-state index in [1.807, 2.05) is 5.43 Å². The molecule has 14 heavy (non-hydrogen) atoms. The van der Waals surface area contributed by atoms with Crippen LogP contribution in [0.1, 0.15) is 15.9 Å². The summed E-state index contributed by atoms with van der Waals surface area (Å²) >= 11 is 0. The lowest BCUT2D eigenvalue weighted by atomic mass is 10.1. The molecule has 0 fully saturated rings. The number of nitrogens with zero attached hydrogens (tertiary/aromatic N) is 1. The Balaban J connectivity index is 3.15. The third kappa shape index (κ3) is 1.87. The maximum absolute atomic E-state index is 13.4. The summed E-state index contributed by atoms with van der Waals surface area (Å²) in [7, 11) is 0. The standard InChI is InChI=1S/C9H8FN3O/c10-8-6(4-5-11)2-1-3-7(8)9(14)13-12/h1-3H,4,12H2,(H,13,14). The van der Waals surface area contributed by atoms with E-state index in [2.05, 4.69) is 0 Å². The van der Waals surface area contributed by atoms with E-state index in [0.29, 0.717) is 0 Å². The van der Waals surface area contributed by atoms with Crippen molar-refractivity contribution in [2.45, 2.75) is 6.42 Å². The van der Waals surface area contributed by atoms with Crippen molar-refractivity contribution in [2.24, 2.45) is 5.84 Å². The van der Waals surface area contributed by atoms with E-state index in [9.17, 15) is 9.18 Å². The van der Waals surface area contributed by atoms with Crippen LogP contribution in [0.15, 0.2) is 18.2 Å². The highest BCUT2D eigenvalue weighted by Crippen LogP contribution is 2.12. The van der Waals surface area contributed by atoms with Crippen LogP contribution in [-0.2, 0) is 6.42 Å². The van der Waals surface area contributed by atoms with E-state index >= 15 is 0 Å². The topological polar surface area (TPSA) is 78.9 Å². The van der Waals surface area contributed by atoms with Crippen molar-refractivity contribution >= 4 is 5.91 Å². The van der Waals surface area contributed by atoms with Crippen molar-refractivity contribution in [3.63, 3.8) is 0 Å². The Kier molecular flexibility index (Phi) is 3.15. The normalized spacial score (nSPS) is 9.21. The van der Waals surface area contributed by atoms with Crippen molar-refractivity contribution < 1.29 is 9.18 Å². The van der Waals surface area contributed by atoms with Gasteiger partial charge < -0.3 is 0 Å². The molecule has 0 aliphatic heterocycles. The number of hydrazine groups is 1. The molecule has 0 spiro atoms. The SMILES string of the molecule is N#CCc1cccc(C(=O)NN)c1F. The van der Waals surface area contributed by atoms with Crippen LogP contribution < -0.4 is 11.3 Å². The highest BCUT2D eigenvalue weighted by Gasteiger charge is 2.13. The molecule has 1 rings (SSSR count). The first kappa shape index (κ1) is 10.2. The van der Waals surface area contributed by atoms with Crippen molar-refractivity contribution in [3.8, 4) is 6.07 Å². The fourth-order valence-electron chi connectivity index (χ4n) is 1.05. The maximum atomic E-state index is 13.4. The molecule has 5 heteroatoms. The third-order valence-electron chi connectivity index (χ3n) is 1.72. The Labute approximate surface area is 80.1 Å². The number of nitrogens with one attached hydrogen (secondary N) is 1. The predicted octanol–water partition coefficient (Wildman–Crippen LogP) is 0.495. The predicted molar refractivity (Wildman–Crippen MR) is 47.4 cm³/mol. The number of carbonyl (C=O) groups is 1. The van der Waals surface area contributed by atoms with Crippen molar-refractivity contribution in [1.82, 2.24) is 5.43 Å². The summed E-state index contributed by atoms with van der Waals surface area (Å²) in [6.07, 6.45) is -0.0719. The molecule has 3 N–H and O–H groups in total. The molecule has 1 aromatic rings. The average Bonchev–Trinajstić information content (AvgIpc) is 2.20. The third-order valence-corrected chi connectivity index (χ3v) is 1.72. The summed E-state index contributed by atoms with van der Waals surface area (Å²) < 4.78 is 13.4. The first-order valence-corrected chi connectivity index (χ1v) is 3.86. The maximum Gasteiger partial charge on any atom is 0.268 e. The highest BCUT2D eigenvalue weighted by atomic mass is 19.1. The van der Waals surface area contributed by atoms with E-state index in [-0.39, 0.29) is 17.5 Å². The summed E-state index contributed by atoms with van der Waals surface area (Å²) in [6, 6.07) is 6.06. The smallest absolute Gasteiger partial charge is 0.268 e. The number of halogens is 1. The number of rotatable bonds is 2. The molecule has 4 nitrogen and oxygen atoms in total. The molecule has 0 saturated carbocycles. The van der Waals surface area contributed by atoms with Gasteiger partial charge in [-0.2, -0.15) is 5.26 Å². The van der Waals surface area contributed by atoms with Gasteiger partial charge in [-0.15, -0.1) is 0 Å². The van der Waals surface area contributed by atoms with Gasteiger partial charge in [-0.25, -0.2) is 10.2 Å². The molecule has 0 aliphatic rings. The number of hydrogen-bond acceptors (Lipinski definition) is 3. The van der Waals surface area contributed by atoms with Crippen LogP contribution in [0.4, 0.5) is 4.39 Å². The van der Waals surface area contributed by atoms with Gasteiger partial charge in [0.2, 0.25) is 0 Å². The highest BCUT2D eigenvalue weighted by molar-refractivity contribution is 5.94. The monoisotopic (exact) mass is 193 g/mol. The van der Waals surface area contributed by atoms with Gasteiger partial charge in [0.05, 0.1) is 18.1 Å². The van der Waals surface area contributed by atoms with Crippen LogP contribution in [0.25, 0.3) is 0 Å². The molecule has 0 bridgehead atoms. The summed E-state index contributed by atoms with van der Waals surface area (Å²) in [5.74, 6) is 3.46. The van der Waals surface area contributed by atoms with Crippen LogP contribution in [0.3, 0.4) is 0 Å². The van der Waals surface area contributed by atoms with Crippen molar-refractivity contribution in [1.29, 1.82) is 5.26 Å². The van der Waals surface area contributed by atoms with E-state index < -0.39 is 11.7 Å². The molecule has 0 saturated heterocycles. The van der Waals surface area contributed by atoms with Crippen LogP contribution in [0.5, 0.6) is 0 Å². The zero-order valence-corrected chi connectivity index (χ0v) is 7.25. The molecule has 1 aromatic carbocycles. The lowest BCUT2D eigenvalue weighted by Gasteiger charge is -2.03. The van der Waals surface area contributed by atoms with Crippen LogP contribution >= 0.6 is 0 Å². The quantitative estimate of drug-likeness (QED) is 0.407. The number of carbonyl (C=O) groups excluding carboxylic acids is 1. The van der Waals surface area contributed by atoms with Crippen molar-refractivity contribution in [2.75, 3.05) is 0 Å². The molecular weight excluding hydrogens is 185 g/mol. The summed E-state index contributed by atoms with van der Waals surface area (Å²) in [6.45, 7) is 0. The van der Waals surface area contributed by atoms with Gasteiger partial charge in [0, 0.05) is 5.56 Å². The molecule has 0 unspecified atom stereocenters. The van der Waals surface area contributed by atoms with Gasteiger partial charge in [-0.05, 0) is 6.07 Å². The molecule has 0 heterocycles. The van der Waals surface area contributed by atoms with Crippen LogP contribution in [0.2, 0.25) is 0 Å². The second-order valence-electron chi connectivity index (χ2n) is 2.59. The van der Waals surface area contributed by atoms with Gasteiger partial charge in [0.15, 0.2) is 0 Å². The Hall–Kier alpha value is -1.93. The second kappa shape index (κ2) is 4.35. The fraction of sp³-hybridized carbons (Fsp3) is 0.111. The zero-order valence-electron chi connectivity index (χ0n) is 7.25. The molecule has 0 radical (unpaired) electrons. The Morgan fingerprint density at radius 1 is 1.64 bits per heavy atom. The minimum Gasteiger partial charge on any atom is -0.290 e. The molecule has 0 aliphatic carbocycles. The number of amides is 1. The van der Waals surface area contributed by atoms with Crippen LogP contribution in [-0.4, -0.2) is 5.91 Å². The lowest BCUT2D eigenvalue weighted by molar-refractivity contribution is 0.0949. The Bertz CT molecular complexity index is 398. The molecule has 0 atom stereocenters. The van der Waals surface area contributed by atoms with Gasteiger partial charge in [-0.3, -0.25) is 10.2 Å². The fourth-order valence-corrected chi connectivity index (χ4v) is 1.05. The lowest BCUT2D eigenvalue weighted by Crippen LogP contribution is -2.30.